The Kier molecular flexibility index (Phi) is 7.28. The highest BCUT2D eigenvalue weighted by molar-refractivity contribution is 7.92. The van der Waals surface area contributed by atoms with E-state index in [4.69, 9.17) is 9.47 Å². The number of rotatable bonds is 9. The number of ether oxygens (including phenoxy) is 2. The van der Waals surface area contributed by atoms with Crippen molar-refractivity contribution in [2.24, 2.45) is 0 Å². The molecule has 0 saturated heterocycles. The van der Waals surface area contributed by atoms with Crippen LogP contribution in [0, 0.1) is 0 Å². The normalized spacial score (nSPS) is 12.1. The molecule has 0 aliphatic heterocycles. The first-order chi connectivity index (χ1) is 13.3. The van der Waals surface area contributed by atoms with Crippen LogP contribution in [0.15, 0.2) is 48.5 Å². The van der Waals surface area contributed by atoms with E-state index in [0.29, 0.717) is 35.9 Å². The van der Waals surface area contributed by atoms with E-state index in [9.17, 15) is 13.2 Å². The summed E-state index contributed by atoms with van der Waals surface area (Å²) in [5.74, 6) is 0.889. The topological polar surface area (TPSA) is 84.9 Å². The quantitative estimate of drug-likeness (QED) is 0.691. The molecule has 2 aromatic carbocycles. The number of anilines is 2. The maximum absolute atomic E-state index is 12.9. The zero-order valence-corrected chi connectivity index (χ0v) is 17.3. The van der Waals surface area contributed by atoms with Crippen molar-refractivity contribution in [2.45, 2.75) is 26.3 Å². The number of carbonyl (C=O) groups excluding carboxylic acids is 1. The molecule has 0 aromatic heterocycles. The third-order valence-corrected chi connectivity index (χ3v) is 5.27. The molecular weight excluding hydrogens is 380 g/mol. The van der Waals surface area contributed by atoms with E-state index >= 15 is 0 Å². The second kappa shape index (κ2) is 9.45. The fraction of sp³-hybridized carbons (Fsp3) is 0.350. The number of nitrogens with zero attached hydrogens (tertiary/aromatic N) is 1. The van der Waals surface area contributed by atoms with Crippen LogP contribution in [0.25, 0.3) is 0 Å². The van der Waals surface area contributed by atoms with Gasteiger partial charge in [-0.15, -0.1) is 0 Å². The van der Waals surface area contributed by atoms with Crippen LogP contribution in [0.1, 0.15) is 20.3 Å². The first-order valence-corrected chi connectivity index (χ1v) is 10.8. The van der Waals surface area contributed by atoms with Gasteiger partial charge in [-0.05, 0) is 61.9 Å². The molecule has 8 heteroatoms. The van der Waals surface area contributed by atoms with Gasteiger partial charge in [0, 0.05) is 5.69 Å². The largest absolute Gasteiger partial charge is 0.497 e. The Balaban J connectivity index is 2.29. The van der Waals surface area contributed by atoms with Crippen molar-refractivity contribution < 1.29 is 22.7 Å². The standard InChI is InChI=1S/C20H26N2O5S/c1-5-19(20(23)21-15-7-11-17(26-3)12-8-15)22(28(4,24)25)16-9-13-18(14-10-16)27-6-2/h7-14,19H,5-6H2,1-4H3,(H,21,23)/t19-/m0/s1. The third-order valence-electron chi connectivity index (χ3n) is 4.09. The van der Waals surface area contributed by atoms with Crippen LogP contribution in [0.2, 0.25) is 0 Å². The molecular formula is C20H26N2O5S. The van der Waals surface area contributed by atoms with Gasteiger partial charge in [-0.3, -0.25) is 9.10 Å². The highest BCUT2D eigenvalue weighted by Gasteiger charge is 2.31. The number of hydrogen-bond acceptors (Lipinski definition) is 5. The molecule has 0 heterocycles. The Morgan fingerprint density at radius 1 is 1.04 bits per heavy atom. The lowest BCUT2D eigenvalue weighted by molar-refractivity contribution is -0.117. The Labute approximate surface area is 166 Å². The number of hydrogen-bond donors (Lipinski definition) is 1. The van der Waals surface area contributed by atoms with Gasteiger partial charge in [-0.1, -0.05) is 6.92 Å². The molecule has 2 rings (SSSR count). The van der Waals surface area contributed by atoms with Crippen molar-refractivity contribution in [3.8, 4) is 11.5 Å². The van der Waals surface area contributed by atoms with E-state index in [2.05, 4.69) is 5.32 Å². The van der Waals surface area contributed by atoms with E-state index in [1.54, 1.807) is 62.6 Å². The first kappa shape index (κ1) is 21.6. The lowest BCUT2D eigenvalue weighted by atomic mass is 10.1. The van der Waals surface area contributed by atoms with E-state index in [0.717, 1.165) is 10.6 Å². The summed E-state index contributed by atoms with van der Waals surface area (Å²) in [4.78, 5) is 12.9. The second-order valence-corrected chi connectivity index (χ2v) is 7.99. The Hall–Kier alpha value is -2.74. The summed E-state index contributed by atoms with van der Waals surface area (Å²) < 4.78 is 36.6. The average Bonchev–Trinajstić information content (AvgIpc) is 2.66. The number of benzene rings is 2. The molecule has 152 valence electrons. The number of sulfonamides is 1. The summed E-state index contributed by atoms with van der Waals surface area (Å²) in [5.41, 5.74) is 0.965. The minimum Gasteiger partial charge on any atom is -0.497 e. The highest BCUT2D eigenvalue weighted by Crippen LogP contribution is 2.26. The summed E-state index contributed by atoms with van der Waals surface area (Å²) in [7, 11) is -2.13. The molecule has 2 aromatic rings. The van der Waals surface area contributed by atoms with Crippen LogP contribution in [0.4, 0.5) is 11.4 Å². The summed E-state index contributed by atoms with van der Waals surface area (Å²) in [6.45, 7) is 4.15. The van der Waals surface area contributed by atoms with Crippen molar-refractivity contribution in [1.82, 2.24) is 0 Å². The number of carbonyl (C=O) groups is 1. The molecule has 0 radical (unpaired) electrons. The molecule has 0 aliphatic rings. The first-order valence-electron chi connectivity index (χ1n) is 8.97. The van der Waals surface area contributed by atoms with E-state index in [1.807, 2.05) is 6.92 Å². The van der Waals surface area contributed by atoms with Crippen LogP contribution in [0.5, 0.6) is 11.5 Å². The van der Waals surface area contributed by atoms with E-state index in [1.165, 1.54) is 0 Å². The number of nitrogens with one attached hydrogen (secondary N) is 1. The van der Waals surface area contributed by atoms with Crippen LogP contribution >= 0.6 is 0 Å². The van der Waals surface area contributed by atoms with Crippen molar-refractivity contribution in [3.05, 3.63) is 48.5 Å². The fourth-order valence-electron chi connectivity index (χ4n) is 2.82. The SMILES string of the molecule is CCOc1ccc(N([C@@H](CC)C(=O)Nc2ccc(OC)cc2)S(C)(=O)=O)cc1. The average molecular weight is 407 g/mol. The van der Waals surface area contributed by atoms with Gasteiger partial charge < -0.3 is 14.8 Å². The van der Waals surface area contributed by atoms with Gasteiger partial charge in [0.1, 0.15) is 17.5 Å². The van der Waals surface area contributed by atoms with Gasteiger partial charge in [0.05, 0.1) is 25.7 Å². The lowest BCUT2D eigenvalue weighted by Crippen LogP contribution is -2.46. The lowest BCUT2D eigenvalue weighted by Gasteiger charge is -2.30. The van der Waals surface area contributed by atoms with Crippen molar-refractivity contribution >= 4 is 27.3 Å². The molecule has 1 atom stereocenters. The molecule has 0 fully saturated rings. The van der Waals surface area contributed by atoms with Gasteiger partial charge in [0.25, 0.3) is 0 Å². The summed E-state index contributed by atoms with van der Waals surface area (Å²) in [5, 5.41) is 2.77. The predicted molar refractivity (Wildman–Crippen MR) is 111 cm³/mol. The minimum absolute atomic E-state index is 0.308. The van der Waals surface area contributed by atoms with Crippen molar-refractivity contribution in [2.75, 3.05) is 29.6 Å². The smallest absolute Gasteiger partial charge is 0.248 e. The van der Waals surface area contributed by atoms with Gasteiger partial charge in [0.2, 0.25) is 15.9 Å². The van der Waals surface area contributed by atoms with E-state index in [-0.39, 0.29) is 0 Å². The number of amides is 1. The molecule has 0 spiro atoms. The molecule has 0 saturated carbocycles. The van der Waals surface area contributed by atoms with Gasteiger partial charge in [-0.2, -0.15) is 0 Å². The van der Waals surface area contributed by atoms with Crippen LogP contribution < -0.4 is 19.1 Å². The maximum Gasteiger partial charge on any atom is 0.248 e. The maximum atomic E-state index is 12.9. The Morgan fingerprint density at radius 3 is 2.07 bits per heavy atom. The van der Waals surface area contributed by atoms with E-state index < -0.39 is 22.0 Å². The zero-order valence-electron chi connectivity index (χ0n) is 16.5. The molecule has 0 aliphatic carbocycles. The van der Waals surface area contributed by atoms with Gasteiger partial charge in [0.15, 0.2) is 0 Å². The van der Waals surface area contributed by atoms with Crippen LogP contribution in [0.3, 0.4) is 0 Å². The molecule has 7 nitrogen and oxygen atoms in total. The fourth-order valence-corrected chi connectivity index (χ4v) is 4.03. The van der Waals surface area contributed by atoms with Crippen LogP contribution in [-0.4, -0.2) is 40.3 Å². The van der Waals surface area contributed by atoms with Crippen LogP contribution in [-0.2, 0) is 14.8 Å². The predicted octanol–water partition coefficient (Wildman–Crippen LogP) is 3.28. The van der Waals surface area contributed by atoms with Crippen molar-refractivity contribution in [1.29, 1.82) is 0 Å². The molecule has 1 N–H and O–H groups in total. The third kappa shape index (κ3) is 5.39. The van der Waals surface area contributed by atoms with Crippen molar-refractivity contribution in [3.63, 3.8) is 0 Å². The van der Waals surface area contributed by atoms with Gasteiger partial charge >= 0.3 is 0 Å². The minimum atomic E-state index is -3.69. The molecule has 0 bridgehead atoms. The Morgan fingerprint density at radius 2 is 1.61 bits per heavy atom. The monoisotopic (exact) mass is 406 g/mol. The molecule has 0 unspecified atom stereocenters. The zero-order chi connectivity index (χ0) is 20.7. The Bertz CT molecular complexity index is 880. The summed E-state index contributed by atoms with van der Waals surface area (Å²) in [6, 6.07) is 12.6. The van der Waals surface area contributed by atoms with Gasteiger partial charge in [-0.25, -0.2) is 8.42 Å². The second-order valence-electron chi connectivity index (χ2n) is 6.13. The summed E-state index contributed by atoms with van der Waals surface area (Å²) >= 11 is 0. The molecule has 28 heavy (non-hydrogen) atoms. The molecule has 1 amide bonds. The highest BCUT2D eigenvalue weighted by atomic mass is 32.2. The number of methoxy groups -OCH3 is 1. The summed E-state index contributed by atoms with van der Waals surface area (Å²) in [6.07, 6.45) is 1.40.